The van der Waals surface area contributed by atoms with Crippen molar-refractivity contribution in [3.63, 3.8) is 0 Å². The van der Waals surface area contributed by atoms with E-state index >= 15 is 0 Å². The number of fused-ring (bicyclic) bond motifs is 1. The zero-order valence-electron chi connectivity index (χ0n) is 11.6. The van der Waals surface area contributed by atoms with E-state index in [1.807, 2.05) is 6.92 Å². The zero-order valence-corrected chi connectivity index (χ0v) is 12.4. The first-order chi connectivity index (χ1) is 9.54. The van der Waals surface area contributed by atoms with Gasteiger partial charge in [-0.25, -0.2) is 13.4 Å². The van der Waals surface area contributed by atoms with Crippen LogP contribution < -0.4 is 0 Å². The number of imidazole rings is 1. The lowest BCUT2D eigenvalue weighted by atomic mass is 10.0. The van der Waals surface area contributed by atoms with Gasteiger partial charge >= 0.3 is 0 Å². The summed E-state index contributed by atoms with van der Waals surface area (Å²) >= 11 is 0. The third-order valence-corrected chi connectivity index (χ3v) is 5.71. The molecule has 2 fully saturated rings. The van der Waals surface area contributed by atoms with E-state index in [0.717, 1.165) is 0 Å². The van der Waals surface area contributed by atoms with Crippen molar-refractivity contribution in [1.82, 2.24) is 13.9 Å². The van der Waals surface area contributed by atoms with Crippen LogP contribution in [-0.2, 0) is 26.5 Å². The van der Waals surface area contributed by atoms with Gasteiger partial charge in [-0.2, -0.15) is 4.31 Å². The lowest BCUT2D eigenvalue weighted by molar-refractivity contribution is 0.0308. The first kappa shape index (κ1) is 14.0. The Balaban J connectivity index is 1.90. The van der Waals surface area contributed by atoms with Crippen molar-refractivity contribution >= 4 is 10.0 Å². The van der Waals surface area contributed by atoms with Gasteiger partial charge < -0.3 is 14.0 Å². The second-order valence-electron chi connectivity index (χ2n) is 5.21. The molecule has 2 saturated heterocycles. The van der Waals surface area contributed by atoms with Crippen LogP contribution >= 0.6 is 0 Å². The van der Waals surface area contributed by atoms with Crippen molar-refractivity contribution in [1.29, 1.82) is 0 Å². The normalized spacial score (nSPS) is 30.8. The van der Waals surface area contributed by atoms with Crippen molar-refractivity contribution in [2.45, 2.75) is 24.1 Å². The van der Waals surface area contributed by atoms with Crippen molar-refractivity contribution in [3.8, 4) is 0 Å². The van der Waals surface area contributed by atoms with Crippen LogP contribution in [0.4, 0.5) is 0 Å². The molecule has 3 rings (SSSR count). The Morgan fingerprint density at radius 3 is 2.95 bits per heavy atom. The maximum atomic E-state index is 12.7. The molecule has 2 aliphatic heterocycles. The van der Waals surface area contributed by atoms with Gasteiger partial charge in [0.05, 0.1) is 31.7 Å². The number of hydrogen-bond donors (Lipinski definition) is 0. The Kier molecular flexibility index (Phi) is 3.57. The molecule has 3 atom stereocenters. The highest BCUT2D eigenvalue weighted by Gasteiger charge is 2.51. The van der Waals surface area contributed by atoms with E-state index in [1.165, 1.54) is 16.8 Å². The Labute approximate surface area is 118 Å². The van der Waals surface area contributed by atoms with Crippen LogP contribution in [0.5, 0.6) is 0 Å². The number of sulfonamides is 1. The molecule has 20 heavy (non-hydrogen) atoms. The molecule has 0 saturated carbocycles. The van der Waals surface area contributed by atoms with Crippen molar-refractivity contribution in [3.05, 3.63) is 12.5 Å². The average Bonchev–Trinajstić information content (AvgIpc) is 3.06. The van der Waals surface area contributed by atoms with E-state index < -0.39 is 10.0 Å². The largest absolute Gasteiger partial charge is 0.379 e. The standard InChI is InChI=1S/C12H19N3O4S/c1-3-19-11-4-15(10-7-18-6-9(10)11)20(16,17)12-5-14(2)8-13-12/h5,8-11H,3-4,6-7H2,1-2H3/t9-,10+,11-/m1/s1. The van der Waals surface area contributed by atoms with Crippen molar-refractivity contribution in [2.75, 3.05) is 26.4 Å². The molecule has 0 spiro atoms. The van der Waals surface area contributed by atoms with E-state index in [9.17, 15) is 8.42 Å². The molecule has 0 N–H and O–H groups in total. The molecule has 1 aromatic rings. The van der Waals surface area contributed by atoms with E-state index in [2.05, 4.69) is 4.98 Å². The number of aromatic nitrogens is 2. The van der Waals surface area contributed by atoms with Gasteiger partial charge in [0.1, 0.15) is 0 Å². The molecule has 2 aliphatic rings. The van der Waals surface area contributed by atoms with Crippen LogP contribution in [0.1, 0.15) is 6.92 Å². The topological polar surface area (TPSA) is 73.7 Å². The Morgan fingerprint density at radius 2 is 2.30 bits per heavy atom. The summed E-state index contributed by atoms with van der Waals surface area (Å²) in [4.78, 5) is 3.97. The van der Waals surface area contributed by atoms with Crippen LogP contribution in [0.25, 0.3) is 0 Å². The number of rotatable bonds is 4. The third kappa shape index (κ3) is 2.16. The summed E-state index contributed by atoms with van der Waals surface area (Å²) in [5.74, 6) is 0.119. The molecular weight excluding hydrogens is 282 g/mol. The molecule has 7 nitrogen and oxygen atoms in total. The van der Waals surface area contributed by atoms with Gasteiger partial charge in [-0.05, 0) is 6.92 Å². The number of nitrogens with zero attached hydrogens (tertiary/aromatic N) is 3. The van der Waals surface area contributed by atoms with Gasteiger partial charge in [0, 0.05) is 32.3 Å². The monoisotopic (exact) mass is 301 g/mol. The molecule has 0 unspecified atom stereocenters. The Morgan fingerprint density at radius 1 is 1.50 bits per heavy atom. The summed E-state index contributed by atoms with van der Waals surface area (Å²) in [5, 5.41) is 0.0859. The smallest absolute Gasteiger partial charge is 0.262 e. The first-order valence-electron chi connectivity index (χ1n) is 6.73. The van der Waals surface area contributed by atoms with Crippen molar-refractivity contribution < 1.29 is 17.9 Å². The predicted octanol–water partition coefficient (Wildman–Crippen LogP) is -0.155. The summed E-state index contributed by atoms with van der Waals surface area (Å²) in [6.07, 6.45) is 2.92. The van der Waals surface area contributed by atoms with Crippen LogP contribution in [0.15, 0.2) is 17.6 Å². The van der Waals surface area contributed by atoms with Crippen LogP contribution in [0.3, 0.4) is 0 Å². The summed E-state index contributed by atoms with van der Waals surface area (Å²) in [6, 6.07) is -0.140. The van der Waals surface area contributed by atoms with Crippen LogP contribution in [0.2, 0.25) is 0 Å². The second-order valence-corrected chi connectivity index (χ2v) is 7.05. The number of ether oxygens (including phenoxy) is 2. The maximum absolute atomic E-state index is 12.7. The van der Waals surface area contributed by atoms with Gasteiger partial charge in [-0.15, -0.1) is 0 Å². The zero-order chi connectivity index (χ0) is 14.3. The van der Waals surface area contributed by atoms with Gasteiger partial charge in [0.15, 0.2) is 5.03 Å². The summed E-state index contributed by atoms with van der Waals surface area (Å²) in [7, 11) is -1.83. The number of hydrogen-bond acceptors (Lipinski definition) is 5. The summed E-state index contributed by atoms with van der Waals surface area (Å²) in [5.41, 5.74) is 0. The molecule has 112 valence electrons. The molecule has 1 aromatic heterocycles. The van der Waals surface area contributed by atoms with E-state index in [1.54, 1.807) is 11.6 Å². The lowest BCUT2D eigenvalue weighted by Crippen LogP contribution is -2.38. The fourth-order valence-corrected chi connectivity index (χ4v) is 4.61. The van der Waals surface area contributed by atoms with E-state index in [0.29, 0.717) is 26.4 Å². The molecule has 0 aromatic carbocycles. The lowest BCUT2D eigenvalue weighted by Gasteiger charge is -2.20. The summed E-state index contributed by atoms with van der Waals surface area (Å²) < 4.78 is 39.6. The van der Waals surface area contributed by atoms with Gasteiger partial charge in [-0.1, -0.05) is 0 Å². The Bertz CT molecular complexity index is 585. The van der Waals surface area contributed by atoms with E-state index in [4.69, 9.17) is 9.47 Å². The highest BCUT2D eigenvalue weighted by Crippen LogP contribution is 2.35. The van der Waals surface area contributed by atoms with Gasteiger partial charge in [-0.3, -0.25) is 0 Å². The van der Waals surface area contributed by atoms with Crippen molar-refractivity contribution in [2.24, 2.45) is 13.0 Å². The highest BCUT2D eigenvalue weighted by atomic mass is 32.2. The Hall–Kier alpha value is -0.960. The SMILES string of the molecule is CCO[C@@H]1CN(S(=O)(=O)c2cn(C)cn2)[C@H]2COC[C@@H]12. The minimum absolute atomic E-state index is 0.0859. The molecule has 8 heteroatoms. The molecule has 0 aliphatic carbocycles. The minimum Gasteiger partial charge on any atom is -0.379 e. The van der Waals surface area contributed by atoms with Gasteiger partial charge in [0.25, 0.3) is 10.0 Å². The predicted molar refractivity (Wildman–Crippen MR) is 70.6 cm³/mol. The van der Waals surface area contributed by atoms with E-state index in [-0.39, 0.29) is 23.1 Å². The molecular formula is C12H19N3O4S. The quantitative estimate of drug-likeness (QED) is 0.773. The maximum Gasteiger partial charge on any atom is 0.262 e. The fourth-order valence-electron chi connectivity index (χ4n) is 2.97. The minimum atomic E-state index is -3.58. The molecule has 0 amide bonds. The third-order valence-electron chi connectivity index (χ3n) is 3.94. The number of aryl methyl sites for hydroxylation is 1. The first-order valence-corrected chi connectivity index (χ1v) is 8.17. The average molecular weight is 301 g/mol. The van der Waals surface area contributed by atoms with Gasteiger partial charge in [0.2, 0.25) is 0 Å². The summed E-state index contributed by atoms with van der Waals surface area (Å²) in [6.45, 7) is 3.86. The highest BCUT2D eigenvalue weighted by molar-refractivity contribution is 7.89. The molecule has 0 bridgehead atoms. The fraction of sp³-hybridized carbons (Fsp3) is 0.750. The van der Waals surface area contributed by atoms with Crippen LogP contribution in [0, 0.1) is 5.92 Å². The molecule has 3 heterocycles. The second kappa shape index (κ2) is 5.10. The molecule has 0 radical (unpaired) electrons. The van der Waals surface area contributed by atoms with Crippen LogP contribution in [-0.4, -0.2) is 60.8 Å².